The lowest BCUT2D eigenvalue weighted by Gasteiger charge is -2.04. The number of carbonyl (C=O) groups excluding carboxylic acids is 1. The summed E-state index contributed by atoms with van der Waals surface area (Å²) in [6, 6.07) is 11.4. The van der Waals surface area contributed by atoms with E-state index in [2.05, 4.69) is 21.6 Å². The summed E-state index contributed by atoms with van der Waals surface area (Å²) in [5.74, 6) is -0.423. The Bertz CT molecular complexity index is 872. The Morgan fingerprint density at radius 3 is 2.58 bits per heavy atom. The van der Waals surface area contributed by atoms with Crippen LogP contribution < -0.4 is 5.32 Å². The van der Waals surface area contributed by atoms with Crippen molar-refractivity contribution >= 4 is 11.9 Å². The standard InChI is InChI=1S/C18H16FN3O2/c1-11-3-4-14(12(2)9-11)10-16-21-22-18(24-16)20-17(23)13-5-7-15(19)8-6-13/h3-9H,10H2,1-2H3,(H,20,22,23). The van der Waals surface area contributed by atoms with Crippen LogP contribution in [0.3, 0.4) is 0 Å². The first kappa shape index (κ1) is 15.9. The molecule has 1 N–H and O–H groups in total. The smallest absolute Gasteiger partial charge is 0.322 e. The van der Waals surface area contributed by atoms with Crippen LogP contribution in [0.25, 0.3) is 0 Å². The molecule has 3 aromatic rings. The van der Waals surface area contributed by atoms with Crippen LogP contribution in [0.5, 0.6) is 0 Å². The highest BCUT2D eigenvalue weighted by Gasteiger charge is 2.12. The van der Waals surface area contributed by atoms with E-state index < -0.39 is 11.7 Å². The first-order valence-corrected chi connectivity index (χ1v) is 7.47. The lowest BCUT2D eigenvalue weighted by atomic mass is 10.0. The Balaban J connectivity index is 1.69. The van der Waals surface area contributed by atoms with Crippen LogP contribution in [-0.4, -0.2) is 16.1 Å². The Morgan fingerprint density at radius 2 is 1.88 bits per heavy atom. The van der Waals surface area contributed by atoms with E-state index in [1.807, 2.05) is 26.0 Å². The first-order valence-electron chi connectivity index (χ1n) is 7.47. The number of hydrogen-bond donors (Lipinski definition) is 1. The molecule has 24 heavy (non-hydrogen) atoms. The molecule has 0 fully saturated rings. The van der Waals surface area contributed by atoms with Gasteiger partial charge in [0.1, 0.15) is 5.82 Å². The van der Waals surface area contributed by atoms with E-state index in [1.165, 1.54) is 29.8 Å². The third-order valence-electron chi connectivity index (χ3n) is 3.63. The van der Waals surface area contributed by atoms with Gasteiger partial charge >= 0.3 is 6.01 Å². The van der Waals surface area contributed by atoms with Gasteiger partial charge in [-0.2, -0.15) is 0 Å². The van der Waals surface area contributed by atoms with Gasteiger partial charge in [-0.3, -0.25) is 10.1 Å². The number of benzene rings is 2. The molecule has 0 aliphatic heterocycles. The van der Waals surface area contributed by atoms with Crippen LogP contribution in [-0.2, 0) is 6.42 Å². The molecule has 1 amide bonds. The van der Waals surface area contributed by atoms with E-state index in [0.29, 0.717) is 17.9 Å². The second-order valence-corrected chi connectivity index (χ2v) is 5.57. The molecular weight excluding hydrogens is 309 g/mol. The Hall–Kier alpha value is -3.02. The highest BCUT2D eigenvalue weighted by atomic mass is 19.1. The number of amides is 1. The highest BCUT2D eigenvalue weighted by Crippen LogP contribution is 2.16. The van der Waals surface area contributed by atoms with E-state index in [0.717, 1.165) is 11.1 Å². The summed E-state index contributed by atoms with van der Waals surface area (Å²) in [6.07, 6.45) is 0.492. The SMILES string of the molecule is Cc1ccc(Cc2nnc(NC(=O)c3ccc(F)cc3)o2)c(C)c1. The highest BCUT2D eigenvalue weighted by molar-refractivity contribution is 6.03. The fourth-order valence-corrected chi connectivity index (χ4v) is 2.35. The molecule has 1 aromatic heterocycles. The predicted octanol–water partition coefficient (Wildman–Crippen LogP) is 3.67. The van der Waals surface area contributed by atoms with Gasteiger partial charge in [-0.1, -0.05) is 28.9 Å². The zero-order chi connectivity index (χ0) is 17.1. The molecule has 0 unspecified atom stereocenters. The van der Waals surface area contributed by atoms with E-state index in [4.69, 9.17) is 4.42 Å². The zero-order valence-corrected chi connectivity index (χ0v) is 13.3. The second kappa shape index (κ2) is 6.62. The molecule has 0 saturated heterocycles. The third kappa shape index (κ3) is 3.65. The summed E-state index contributed by atoms with van der Waals surface area (Å²) >= 11 is 0. The molecule has 0 bridgehead atoms. The fourth-order valence-electron chi connectivity index (χ4n) is 2.35. The maximum Gasteiger partial charge on any atom is 0.322 e. The number of rotatable bonds is 4. The summed E-state index contributed by atoms with van der Waals surface area (Å²) in [5.41, 5.74) is 3.73. The summed E-state index contributed by atoms with van der Waals surface area (Å²) in [5, 5.41) is 10.3. The van der Waals surface area contributed by atoms with Gasteiger partial charge in [-0.05, 0) is 49.2 Å². The van der Waals surface area contributed by atoms with Crippen LogP contribution in [0.4, 0.5) is 10.4 Å². The lowest BCUT2D eigenvalue weighted by molar-refractivity contribution is 0.102. The zero-order valence-electron chi connectivity index (χ0n) is 13.3. The van der Waals surface area contributed by atoms with Crippen molar-refractivity contribution in [3.05, 3.63) is 76.4 Å². The molecule has 0 radical (unpaired) electrons. The fraction of sp³-hybridized carbons (Fsp3) is 0.167. The molecule has 5 nitrogen and oxygen atoms in total. The van der Waals surface area contributed by atoms with E-state index >= 15 is 0 Å². The van der Waals surface area contributed by atoms with Crippen LogP contribution in [0.15, 0.2) is 46.9 Å². The minimum Gasteiger partial charge on any atom is -0.407 e. The van der Waals surface area contributed by atoms with Crippen LogP contribution in [0, 0.1) is 19.7 Å². The maximum absolute atomic E-state index is 12.9. The maximum atomic E-state index is 12.9. The molecule has 122 valence electrons. The molecule has 0 aliphatic carbocycles. The third-order valence-corrected chi connectivity index (χ3v) is 3.63. The second-order valence-electron chi connectivity index (χ2n) is 5.57. The van der Waals surface area contributed by atoms with Crippen molar-refractivity contribution in [2.24, 2.45) is 0 Å². The molecule has 0 aliphatic rings. The summed E-state index contributed by atoms with van der Waals surface area (Å²) in [4.78, 5) is 12.0. The van der Waals surface area contributed by atoms with Crippen molar-refractivity contribution in [3.63, 3.8) is 0 Å². The van der Waals surface area contributed by atoms with Crippen molar-refractivity contribution in [1.29, 1.82) is 0 Å². The van der Waals surface area contributed by atoms with Gasteiger partial charge in [0.2, 0.25) is 5.89 Å². The van der Waals surface area contributed by atoms with Crippen molar-refractivity contribution in [2.75, 3.05) is 5.32 Å². The number of hydrogen-bond acceptors (Lipinski definition) is 4. The van der Waals surface area contributed by atoms with Crippen molar-refractivity contribution in [1.82, 2.24) is 10.2 Å². The first-order chi connectivity index (χ1) is 11.5. The number of nitrogens with one attached hydrogen (secondary N) is 1. The van der Waals surface area contributed by atoms with Gasteiger partial charge < -0.3 is 4.42 Å². The van der Waals surface area contributed by atoms with E-state index in [1.54, 1.807) is 0 Å². The number of aryl methyl sites for hydroxylation is 2. The molecule has 3 rings (SSSR count). The predicted molar refractivity (Wildman–Crippen MR) is 87.4 cm³/mol. The average molecular weight is 325 g/mol. The van der Waals surface area contributed by atoms with Crippen LogP contribution in [0.2, 0.25) is 0 Å². The molecule has 0 saturated carbocycles. The number of nitrogens with zero attached hydrogens (tertiary/aromatic N) is 2. The molecule has 1 heterocycles. The van der Waals surface area contributed by atoms with Gasteiger partial charge in [-0.15, -0.1) is 5.10 Å². The van der Waals surface area contributed by atoms with Crippen LogP contribution in [0.1, 0.15) is 32.9 Å². The van der Waals surface area contributed by atoms with E-state index in [9.17, 15) is 9.18 Å². The molecule has 2 aromatic carbocycles. The summed E-state index contributed by atoms with van der Waals surface area (Å²) < 4.78 is 18.3. The van der Waals surface area contributed by atoms with Gasteiger partial charge in [0, 0.05) is 5.56 Å². The minimum atomic E-state index is -0.434. The van der Waals surface area contributed by atoms with Gasteiger partial charge in [0.15, 0.2) is 0 Å². The number of halogens is 1. The van der Waals surface area contributed by atoms with Gasteiger partial charge in [0.25, 0.3) is 5.91 Å². The molecular formula is C18H16FN3O2. The number of aromatic nitrogens is 2. The largest absolute Gasteiger partial charge is 0.407 e. The lowest BCUT2D eigenvalue weighted by Crippen LogP contribution is -2.12. The quantitative estimate of drug-likeness (QED) is 0.795. The average Bonchev–Trinajstić information content (AvgIpc) is 2.98. The topological polar surface area (TPSA) is 68.0 Å². The van der Waals surface area contributed by atoms with Crippen molar-refractivity contribution < 1.29 is 13.6 Å². The molecule has 0 atom stereocenters. The van der Waals surface area contributed by atoms with Crippen LogP contribution >= 0.6 is 0 Å². The summed E-state index contributed by atoms with van der Waals surface area (Å²) in [7, 11) is 0. The number of anilines is 1. The summed E-state index contributed by atoms with van der Waals surface area (Å²) in [6.45, 7) is 4.06. The van der Waals surface area contributed by atoms with E-state index in [-0.39, 0.29) is 6.01 Å². The molecule has 0 spiro atoms. The monoisotopic (exact) mass is 325 g/mol. The van der Waals surface area contributed by atoms with Gasteiger partial charge in [-0.25, -0.2) is 4.39 Å². The Morgan fingerprint density at radius 1 is 1.12 bits per heavy atom. The van der Waals surface area contributed by atoms with Gasteiger partial charge in [0.05, 0.1) is 6.42 Å². The number of carbonyl (C=O) groups is 1. The normalized spacial score (nSPS) is 10.6. The Labute approximate surface area is 138 Å². The minimum absolute atomic E-state index is 0.0177. The van der Waals surface area contributed by atoms with Crippen molar-refractivity contribution in [3.8, 4) is 0 Å². The van der Waals surface area contributed by atoms with Crippen molar-refractivity contribution in [2.45, 2.75) is 20.3 Å². The Kier molecular flexibility index (Phi) is 4.37. The molecule has 6 heteroatoms.